The molecular formula is C17H24N4O4. The van der Waals surface area contributed by atoms with Gasteiger partial charge in [0.1, 0.15) is 5.69 Å². The molecule has 1 saturated carbocycles. The van der Waals surface area contributed by atoms with E-state index in [9.17, 15) is 14.9 Å². The molecule has 0 bridgehead atoms. The van der Waals surface area contributed by atoms with Gasteiger partial charge in [-0.25, -0.2) is 0 Å². The highest BCUT2D eigenvalue weighted by Gasteiger charge is 2.28. The van der Waals surface area contributed by atoms with E-state index < -0.39 is 4.92 Å². The number of likely N-dealkylation sites (N-methyl/N-ethyl adjacent to an activating group) is 1. The second-order valence-electron chi connectivity index (χ2n) is 6.91. The molecule has 8 nitrogen and oxygen atoms in total. The van der Waals surface area contributed by atoms with Gasteiger partial charge in [0.15, 0.2) is 0 Å². The number of hydrogen-bond acceptors (Lipinski definition) is 6. The van der Waals surface area contributed by atoms with Crippen LogP contribution in [0, 0.1) is 10.1 Å². The van der Waals surface area contributed by atoms with Crippen molar-refractivity contribution in [1.82, 2.24) is 10.2 Å². The Kier molecular flexibility index (Phi) is 5.19. The van der Waals surface area contributed by atoms with Gasteiger partial charge in [-0.05, 0) is 39.1 Å². The first kappa shape index (κ1) is 17.6. The summed E-state index contributed by atoms with van der Waals surface area (Å²) in [6.07, 6.45) is 1.96. The summed E-state index contributed by atoms with van der Waals surface area (Å²) in [6.45, 7) is 2.47. The van der Waals surface area contributed by atoms with Crippen LogP contribution >= 0.6 is 0 Å². The molecule has 136 valence electrons. The predicted molar refractivity (Wildman–Crippen MR) is 94.1 cm³/mol. The Balaban J connectivity index is 1.79. The topological polar surface area (TPSA) is 88.0 Å². The Morgan fingerprint density at radius 3 is 2.84 bits per heavy atom. The van der Waals surface area contributed by atoms with Crippen molar-refractivity contribution in [3.8, 4) is 0 Å². The summed E-state index contributed by atoms with van der Waals surface area (Å²) in [7, 11) is 3.94. The number of nitrogens with one attached hydrogen (secondary N) is 1. The molecule has 1 unspecified atom stereocenters. The maximum Gasteiger partial charge on any atom is 0.293 e. The number of anilines is 1. The molecule has 0 spiro atoms. The number of carbonyl (C=O) groups is 1. The normalized spacial score (nSPS) is 20.6. The fraction of sp³-hybridized carbons (Fsp3) is 0.588. The lowest BCUT2D eigenvalue weighted by Gasteiger charge is -2.35. The van der Waals surface area contributed by atoms with Gasteiger partial charge in [-0.2, -0.15) is 0 Å². The number of nitro benzene ring substituents is 1. The van der Waals surface area contributed by atoms with Gasteiger partial charge in [0.05, 0.1) is 17.6 Å². The summed E-state index contributed by atoms with van der Waals surface area (Å²) < 4.78 is 5.74. The number of nitro groups is 1. The van der Waals surface area contributed by atoms with Crippen LogP contribution in [-0.2, 0) is 4.74 Å². The highest BCUT2D eigenvalue weighted by Crippen LogP contribution is 2.31. The zero-order valence-electron chi connectivity index (χ0n) is 14.6. The molecule has 1 aliphatic heterocycles. The molecular weight excluding hydrogens is 324 g/mol. The van der Waals surface area contributed by atoms with Gasteiger partial charge < -0.3 is 19.9 Å². The van der Waals surface area contributed by atoms with Crippen LogP contribution < -0.4 is 10.2 Å². The smallest absolute Gasteiger partial charge is 0.293 e. The Morgan fingerprint density at radius 2 is 2.20 bits per heavy atom. The molecule has 1 aromatic carbocycles. The van der Waals surface area contributed by atoms with Crippen LogP contribution in [0.15, 0.2) is 18.2 Å². The number of amides is 1. The van der Waals surface area contributed by atoms with Crippen molar-refractivity contribution in [2.75, 3.05) is 45.2 Å². The van der Waals surface area contributed by atoms with E-state index in [0.717, 1.165) is 19.4 Å². The molecule has 0 radical (unpaired) electrons. The minimum absolute atomic E-state index is 0.00111. The number of hydrogen-bond donors (Lipinski definition) is 1. The monoisotopic (exact) mass is 348 g/mol. The third kappa shape index (κ3) is 4.46. The third-order valence-corrected chi connectivity index (χ3v) is 4.40. The minimum Gasteiger partial charge on any atom is -0.373 e. The minimum atomic E-state index is -0.417. The largest absolute Gasteiger partial charge is 0.373 e. The molecule has 25 heavy (non-hydrogen) atoms. The van der Waals surface area contributed by atoms with Gasteiger partial charge in [-0.15, -0.1) is 0 Å². The molecule has 1 N–H and O–H groups in total. The molecule has 2 aliphatic rings. The number of rotatable bonds is 6. The van der Waals surface area contributed by atoms with E-state index in [4.69, 9.17) is 4.74 Å². The molecule has 8 heteroatoms. The Hall–Kier alpha value is -2.19. The molecule has 1 aromatic rings. The first-order chi connectivity index (χ1) is 11.9. The Morgan fingerprint density at radius 1 is 1.44 bits per heavy atom. The fourth-order valence-corrected chi connectivity index (χ4v) is 3.03. The van der Waals surface area contributed by atoms with E-state index in [1.165, 1.54) is 6.07 Å². The summed E-state index contributed by atoms with van der Waals surface area (Å²) in [4.78, 5) is 27.3. The molecule has 1 amide bonds. The van der Waals surface area contributed by atoms with Crippen LogP contribution in [0.25, 0.3) is 0 Å². The fourth-order valence-electron chi connectivity index (χ4n) is 3.03. The van der Waals surface area contributed by atoms with Crippen LogP contribution in [0.2, 0.25) is 0 Å². The van der Waals surface area contributed by atoms with Gasteiger partial charge in [0.2, 0.25) is 0 Å². The van der Waals surface area contributed by atoms with Crippen molar-refractivity contribution in [3.63, 3.8) is 0 Å². The standard InChI is InChI=1S/C17H24N4O4/c1-19(2)10-14-11-20(7-8-25-14)15-6-3-12(9-16(15)21(23)24)17(22)18-13-4-5-13/h3,6,9,13-14H,4-5,7-8,10-11H2,1-2H3,(H,18,22). The van der Waals surface area contributed by atoms with E-state index in [1.54, 1.807) is 12.1 Å². The second-order valence-corrected chi connectivity index (χ2v) is 6.91. The van der Waals surface area contributed by atoms with E-state index in [1.807, 2.05) is 23.9 Å². The first-order valence-corrected chi connectivity index (χ1v) is 8.54. The van der Waals surface area contributed by atoms with Gasteiger partial charge in [-0.1, -0.05) is 0 Å². The first-order valence-electron chi connectivity index (χ1n) is 8.54. The van der Waals surface area contributed by atoms with Crippen LogP contribution in [0.1, 0.15) is 23.2 Å². The number of nitrogens with zero attached hydrogens (tertiary/aromatic N) is 3. The van der Waals surface area contributed by atoms with Crippen molar-refractivity contribution >= 4 is 17.3 Å². The highest BCUT2D eigenvalue weighted by atomic mass is 16.6. The quantitative estimate of drug-likeness (QED) is 0.615. The van der Waals surface area contributed by atoms with Gasteiger partial charge in [0.25, 0.3) is 11.6 Å². The summed E-state index contributed by atoms with van der Waals surface area (Å²) in [5, 5.41) is 14.4. The van der Waals surface area contributed by atoms with Gasteiger partial charge in [-0.3, -0.25) is 14.9 Å². The van der Waals surface area contributed by atoms with Crippen LogP contribution in [0.4, 0.5) is 11.4 Å². The molecule has 1 heterocycles. The van der Waals surface area contributed by atoms with Crippen LogP contribution in [0.5, 0.6) is 0 Å². The average Bonchev–Trinajstić information content (AvgIpc) is 3.37. The van der Waals surface area contributed by atoms with Crippen molar-refractivity contribution in [2.24, 2.45) is 0 Å². The van der Waals surface area contributed by atoms with E-state index in [2.05, 4.69) is 5.32 Å². The Labute approximate surface area is 146 Å². The summed E-state index contributed by atoms with van der Waals surface area (Å²) in [6, 6.07) is 4.94. The number of benzene rings is 1. The number of morpholine rings is 1. The van der Waals surface area contributed by atoms with Crippen LogP contribution in [-0.4, -0.2) is 68.2 Å². The number of ether oxygens (including phenoxy) is 1. The Bertz CT molecular complexity index is 660. The van der Waals surface area contributed by atoms with E-state index >= 15 is 0 Å². The summed E-state index contributed by atoms with van der Waals surface area (Å²) in [5.41, 5.74) is 0.842. The lowest BCUT2D eigenvalue weighted by Crippen LogP contribution is -2.46. The molecule has 1 atom stereocenters. The lowest BCUT2D eigenvalue weighted by molar-refractivity contribution is -0.384. The van der Waals surface area contributed by atoms with Crippen molar-refractivity contribution in [1.29, 1.82) is 0 Å². The number of carbonyl (C=O) groups excluding carboxylic acids is 1. The molecule has 1 saturated heterocycles. The predicted octanol–water partition coefficient (Wildman–Crippen LogP) is 1.25. The summed E-state index contributed by atoms with van der Waals surface area (Å²) >= 11 is 0. The SMILES string of the molecule is CN(C)CC1CN(c2ccc(C(=O)NC3CC3)cc2[N+](=O)[O-])CCO1. The average molecular weight is 348 g/mol. The van der Waals surface area contributed by atoms with Crippen LogP contribution in [0.3, 0.4) is 0 Å². The molecule has 1 aliphatic carbocycles. The maximum atomic E-state index is 12.2. The molecule has 3 rings (SSSR count). The van der Waals surface area contributed by atoms with E-state index in [0.29, 0.717) is 30.9 Å². The second kappa shape index (κ2) is 7.37. The lowest BCUT2D eigenvalue weighted by atomic mass is 10.1. The van der Waals surface area contributed by atoms with Gasteiger partial charge >= 0.3 is 0 Å². The van der Waals surface area contributed by atoms with Crippen molar-refractivity contribution in [2.45, 2.75) is 25.0 Å². The van der Waals surface area contributed by atoms with Crippen molar-refractivity contribution < 1.29 is 14.5 Å². The molecule has 2 fully saturated rings. The zero-order valence-corrected chi connectivity index (χ0v) is 14.6. The molecule has 0 aromatic heterocycles. The zero-order chi connectivity index (χ0) is 18.0. The van der Waals surface area contributed by atoms with Gasteiger partial charge in [0, 0.05) is 37.3 Å². The summed E-state index contributed by atoms with van der Waals surface area (Å²) in [5.74, 6) is -0.246. The highest BCUT2D eigenvalue weighted by molar-refractivity contribution is 5.96. The third-order valence-electron chi connectivity index (χ3n) is 4.40. The van der Waals surface area contributed by atoms with Crippen molar-refractivity contribution in [3.05, 3.63) is 33.9 Å². The maximum absolute atomic E-state index is 12.2. The van der Waals surface area contributed by atoms with E-state index in [-0.39, 0.29) is 23.7 Å².